The van der Waals surface area contributed by atoms with Gasteiger partial charge in [-0.2, -0.15) is 4.98 Å². The SMILES string of the molecule is COc1nc(Cl)nc(C)c1Cl. The molecule has 0 aliphatic carbocycles. The largest absolute Gasteiger partial charge is 0.480 e. The van der Waals surface area contributed by atoms with Gasteiger partial charge in [0.1, 0.15) is 5.02 Å². The summed E-state index contributed by atoms with van der Waals surface area (Å²) in [7, 11) is 1.48. The van der Waals surface area contributed by atoms with Gasteiger partial charge in [-0.25, -0.2) is 4.98 Å². The van der Waals surface area contributed by atoms with Crippen LogP contribution in [-0.2, 0) is 0 Å². The van der Waals surface area contributed by atoms with E-state index in [1.807, 2.05) is 0 Å². The van der Waals surface area contributed by atoms with Crippen LogP contribution in [0.1, 0.15) is 5.69 Å². The minimum atomic E-state index is 0.142. The molecule has 5 heteroatoms. The Kier molecular flexibility index (Phi) is 2.52. The summed E-state index contributed by atoms with van der Waals surface area (Å²) < 4.78 is 4.84. The predicted octanol–water partition coefficient (Wildman–Crippen LogP) is 2.10. The molecule has 0 fully saturated rings. The Morgan fingerprint density at radius 1 is 1.27 bits per heavy atom. The van der Waals surface area contributed by atoms with Crippen LogP contribution in [0.4, 0.5) is 0 Å². The van der Waals surface area contributed by atoms with E-state index in [1.165, 1.54) is 7.11 Å². The Bertz CT molecular complexity index is 278. The highest BCUT2D eigenvalue weighted by Gasteiger charge is 2.07. The van der Waals surface area contributed by atoms with Crippen molar-refractivity contribution in [1.29, 1.82) is 0 Å². The molecule has 0 aromatic carbocycles. The molecule has 0 N–H and O–H groups in total. The van der Waals surface area contributed by atoms with E-state index in [2.05, 4.69) is 9.97 Å². The summed E-state index contributed by atoms with van der Waals surface area (Å²) in [6, 6.07) is 0. The molecule has 60 valence electrons. The maximum absolute atomic E-state index is 5.76. The van der Waals surface area contributed by atoms with Crippen molar-refractivity contribution in [3.63, 3.8) is 0 Å². The van der Waals surface area contributed by atoms with Crippen molar-refractivity contribution < 1.29 is 4.74 Å². The zero-order valence-electron chi connectivity index (χ0n) is 6.06. The van der Waals surface area contributed by atoms with Crippen LogP contribution < -0.4 is 4.74 Å². The first-order valence-corrected chi connectivity index (χ1v) is 3.64. The molecule has 0 atom stereocenters. The summed E-state index contributed by atoms with van der Waals surface area (Å²) in [4.78, 5) is 7.58. The van der Waals surface area contributed by atoms with E-state index < -0.39 is 0 Å². The molecule has 1 aromatic heterocycles. The van der Waals surface area contributed by atoms with Gasteiger partial charge in [0.15, 0.2) is 0 Å². The van der Waals surface area contributed by atoms with Gasteiger partial charge >= 0.3 is 0 Å². The van der Waals surface area contributed by atoms with E-state index in [0.29, 0.717) is 16.6 Å². The number of methoxy groups -OCH3 is 1. The van der Waals surface area contributed by atoms with Gasteiger partial charge in [-0.15, -0.1) is 0 Å². The number of ether oxygens (including phenoxy) is 1. The molecule has 0 aliphatic rings. The third-order valence-corrected chi connectivity index (χ3v) is 1.76. The summed E-state index contributed by atoms with van der Waals surface area (Å²) in [5.74, 6) is 0.309. The van der Waals surface area contributed by atoms with E-state index in [1.54, 1.807) is 6.92 Å². The maximum Gasteiger partial charge on any atom is 0.237 e. The normalized spacial score (nSPS) is 9.82. The molecule has 0 saturated carbocycles. The van der Waals surface area contributed by atoms with Crippen molar-refractivity contribution >= 4 is 23.2 Å². The molecule has 0 radical (unpaired) electrons. The van der Waals surface area contributed by atoms with Crippen LogP contribution in [0.3, 0.4) is 0 Å². The first-order chi connectivity index (χ1) is 5.15. The fraction of sp³-hybridized carbons (Fsp3) is 0.333. The third-order valence-electron chi connectivity index (χ3n) is 1.15. The molecule has 0 spiro atoms. The lowest BCUT2D eigenvalue weighted by Gasteiger charge is -2.02. The van der Waals surface area contributed by atoms with Gasteiger partial charge < -0.3 is 4.74 Å². The highest BCUT2D eigenvalue weighted by molar-refractivity contribution is 6.33. The molecular weight excluding hydrogens is 187 g/mol. The molecule has 3 nitrogen and oxygen atoms in total. The Hall–Kier alpha value is -0.540. The first-order valence-electron chi connectivity index (χ1n) is 2.88. The van der Waals surface area contributed by atoms with Crippen LogP contribution in [0.2, 0.25) is 10.3 Å². The molecule has 0 unspecified atom stereocenters. The van der Waals surface area contributed by atoms with Crippen LogP contribution in [0.15, 0.2) is 0 Å². The molecule has 0 saturated heterocycles. The molecular formula is C6H6Cl2N2O. The monoisotopic (exact) mass is 192 g/mol. The number of hydrogen-bond donors (Lipinski definition) is 0. The molecule has 1 rings (SSSR count). The van der Waals surface area contributed by atoms with E-state index in [-0.39, 0.29) is 5.28 Å². The molecule has 1 aromatic rings. The lowest BCUT2D eigenvalue weighted by Crippen LogP contribution is -1.94. The van der Waals surface area contributed by atoms with Crippen molar-refractivity contribution in [2.45, 2.75) is 6.92 Å². The second kappa shape index (κ2) is 3.24. The number of halogens is 2. The number of rotatable bonds is 1. The van der Waals surface area contributed by atoms with Crippen molar-refractivity contribution in [3.8, 4) is 5.88 Å². The second-order valence-electron chi connectivity index (χ2n) is 1.90. The summed E-state index contributed by atoms with van der Waals surface area (Å²) in [6.07, 6.45) is 0. The predicted molar refractivity (Wildman–Crippen MR) is 43.3 cm³/mol. The van der Waals surface area contributed by atoms with Crippen molar-refractivity contribution in [1.82, 2.24) is 9.97 Å². The zero-order valence-corrected chi connectivity index (χ0v) is 7.57. The molecule has 1 heterocycles. The van der Waals surface area contributed by atoms with Crippen LogP contribution >= 0.6 is 23.2 Å². The van der Waals surface area contributed by atoms with Gasteiger partial charge in [-0.3, -0.25) is 0 Å². The number of hydrogen-bond acceptors (Lipinski definition) is 3. The summed E-state index contributed by atoms with van der Waals surface area (Å²) >= 11 is 11.3. The topological polar surface area (TPSA) is 35.0 Å². The highest BCUT2D eigenvalue weighted by atomic mass is 35.5. The van der Waals surface area contributed by atoms with E-state index in [4.69, 9.17) is 27.9 Å². The zero-order chi connectivity index (χ0) is 8.43. The third kappa shape index (κ3) is 1.73. The van der Waals surface area contributed by atoms with Crippen LogP contribution in [0, 0.1) is 6.92 Å². The van der Waals surface area contributed by atoms with Crippen LogP contribution in [-0.4, -0.2) is 17.1 Å². The first kappa shape index (κ1) is 8.56. The second-order valence-corrected chi connectivity index (χ2v) is 2.62. The Labute approximate surface area is 74.3 Å². The smallest absolute Gasteiger partial charge is 0.237 e. The highest BCUT2D eigenvalue weighted by Crippen LogP contribution is 2.24. The van der Waals surface area contributed by atoms with Gasteiger partial charge in [0.2, 0.25) is 11.2 Å². The average Bonchev–Trinajstić information content (AvgIpc) is 1.96. The Morgan fingerprint density at radius 3 is 2.45 bits per heavy atom. The summed E-state index contributed by atoms with van der Waals surface area (Å²) in [5.41, 5.74) is 0.614. The quantitative estimate of drug-likeness (QED) is 0.640. The maximum atomic E-state index is 5.76. The fourth-order valence-corrected chi connectivity index (χ4v) is 1.00. The number of nitrogens with zero attached hydrogens (tertiary/aromatic N) is 2. The molecule has 0 amide bonds. The van der Waals surface area contributed by atoms with Gasteiger partial charge in [0.05, 0.1) is 12.8 Å². The lowest BCUT2D eigenvalue weighted by molar-refractivity contribution is 0.396. The van der Waals surface area contributed by atoms with Crippen LogP contribution in [0.25, 0.3) is 0 Å². The van der Waals surface area contributed by atoms with E-state index in [9.17, 15) is 0 Å². The average molecular weight is 193 g/mol. The lowest BCUT2D eigenvalue weighted by atomic mass is 10.4. The van der Waals surface area contributed by atoms with Gasteiger partial charge in [-0.05, 0) is 18.5 Å². The van der Waals surface area contributed by atoms with Crippen LogP contribution in [0.5, 0.6) is 5.88 Å². The summed E-state index contributed by atoms with van der Waals surface area (Å²) in [6.45, 7) is 1.73. The molecule has 0 bridgehead atoms. The Balaban J connectivity index is 3.24. The molecule has 0 aliphatic heterocycles. The standard InChI is InChI=1S/C6H6Cl2N2O/c1-3-4(7)5(11-2)10-6(8)9-3/h1-2H3. The minimum absolute atomic E-state index is 0.142. The fourth-order valence-electron chi connectivity index (χ4n) is 0.635. The number of aryl methyl sites for hydroxylation is 1. The van der Waals surface area contributed by atoms with Crippen molar-refractivity contribution in [2.75, 3.05) is 7.11 Å². The number of aromatic nitrogens is 2. The van der Waals surface area contributed by atoms with Crippen molar-refractivity contribution in [2.24, 2.45) is 0 Å². The minimum Gasteiger partial charge on any atom is -0.480 e. The van der Waals surface area contributed by atoms with E-state index >= 15 is 0 Å². The molecule has 11 heavy (non-hydrogen) atoms. The van der Waals surface area contributed by atoms with Gasteiger partial charge in [-0.1, -0.05) is 11.6 Å². The van der Waals surface area contributed by atoms with Crippen molar-refractivity contribution in [3.05, 3.63) is 16.0 Å². The van der Waals surface area contributed by atoms with E-state index in [0.717, 1.165) is 0 Å². The summed E-state index contributed by atoms with van der Waals surface area (Å²) in [5, 5.41) is 0.542. The van der Waals surface area contributed by atoms with Gasteiger partial charge in [0.25, 0.3) is 0 Å². The van der Waals surface area contributed by atoms with Gasteiger partial charge in [0, 0.05) is 0 Å². The Morgan fingerprint density at radius 2 is 1.91 bits per heavy atom.